The van der Waals surface area contributed by atoms with Gasteiger partial charge in [0.25, 0.3) is 0 Å². The lowest BCUT2D eigenvalue weighted by Crippen LogP contribution is -2.10. The van der Waals surface area contributed by atoms with E-state index in [0.29, 0.717) is 23.1 Å². The van der Waals surface area contributed by atoms with Gasteiger partial charge in [-0.3, -0.25) is 0 Å². The molecule has 0 bridgehead atoms. The van der Waals surface area contributed by atoms with Gasteiger partial charge in [0, 0.05) is 18.0 Å². The molecule has 5 heteroatoms. The van der Waals surface area contributed by atoms with Crippen molar-refractivity contribution in [1.82, 2.24) is 9.97 Å². The van der Waals surface area contributed by atoms with E-state index in [4.69, 9.17) is 4.74 Å². The van der Waals surface area contributed by atoms with Gasteiger partial charge in [-0.2, -0.15) is 5.26 Å². The molecule has 4 rings (SSSR count). The van der Waals surface area contributed by atoms with Gasteiger partial charge in [-0.1, -0.05) is 83.1 Å². The number of unbranched alkanes of at least 4 members (excludes halogenated alkanes) is 6. The quantitative estimate of drug-likeness (QED) is 0.124. The highest BCUT2D eigenvalue weighted by molar-refractivity contribution is 5.91. The summed E-state index contributed by atoms with van der Waals surface area (Å²) < 4.78 is 5.60. The topological polar surface area (TPSA) is 75.9 Å². The maximum absolute atomic E-state index is 12.7. The van der Waals surface area contributed by atoms with Crippen LogP contribution in [0, 0.1) is 17.2 Å². The molecule has 1 aliphatic rings. The summed E-state index contributed by atoms with van der Waals surface area (Å²) in [6.07, 6.45) is 16.6. The zero-order chi connectivity index (χ0) is 26.8. The Morgan fingerprint density at radius 2 is 1.58 bits per heavy atom. The van der Waals surface area contributed by atoms with Crippen LogP contribution in [0.2, 0.25) is 0 Å². The average Bonchev–Trinajstić information content (AvgIpc) is 3.68. The second kappa shape index (κ2) is 13.3. The van der Waals surface area contributed by atoms with E-state index in [1.165, 1.54) is 44.9 Å². The molecule has 1 fully saturated rings. The Morgan fingerprint density at radius 1 is 0.921 bits per heavy atom. The van der Waals surface area contributed by atoms with Crippen LogP contribution in [0.5, 0.6) is 5.75 Å². The van der Waals surface area contributed by atoms with Crippen molar-refractivity contribution < 1.29 is 9.53 Å². The number of aryl methyl sites for hydroxylation is 1. The van der Waals surface area contributed by atoms with Crippen LogP contribution in [0.15, 0.2) is 60.9 Å². The highest BCUT2D eigenvalue weighted by atomic mass is 16.5. The van der Waals surface area contributed by atoms with Crippen LogP contribution in [0.3, 0.4) is 0 Å². The monoisotopic (exact) mass is 509 g/mol. The van der Waals surface area contributed by atoms with Crippen LogP contribution in [0.4, 0.5) is 0 Å². The number of nitriles is 1. The third kappa shape index (κ3) is 6.86. The molecule has 1 heterocycles. The third-order valence-corrected chi connectivity index (χ3v) is 7.69. The van der Waals surface area contributed by atoms with Crippen LogP contribution in [-0.2, 0) is 11.8 Å². The summed E-state index contributed by atoms with van der Waals surface area (Å²) in [5.41, 5.74) is 3.13. The predicted molar refractivity (Wildman–Crippen MR) is 151 cm³/mol. The molecule has 1 aliphatic carbocycles. The van der Waals surface area contributed by atoms with Gasteiger partial charge >= 0.3 is 5.97 Å². The molecule has 0 aliphatic heterocycles. The minimum Gasteiger partial charge on any atom is -0.423 e. The van der Waals surface area contributed by atoms with E-state index in [0.717, 1.165) is 42.4 Å². The third-order valence-electron chi connectivity index (χ3n) is 7.69. The number of ether oxygens (including phenoxy) is 1. The van der Waals surface area contributed by atoms with Gasteiger partial charge in [0.05, 0.1) is 17.0 Å². The maximum Gasteiger partial charge on any atom is 0.343 e. The summed E-state index contributed by atoms with van der Waals surface area (Å²) in [5.74, 6) is 1.15. The Bertz CT molecular complexity index is 1210. The van der Waals surface area contributed by atoms with E-state index < -0.39 is 5.97 Å². The first-order valence-electron chi connectivity index (χ1n) is 14.2. The molecule has 2 aromatic carbocycles. The highest BCUT2D eigenvalue weighted by Gasteiger charge is 2.55. The number of nitrogens with zero attached hydrogens (tertiary/aromatic N) is 3. The van der Waals surface area contributed by atoms with Crippen molar-refractivity contribution in [3.8, 4) is 23.2 Å². The number of hydrogen-bond acceptors (Lipinski definition) is 5. The van der Waals surface area contributed by atoms with Crippen molar-refractivity contribution in [2.24, 2.45) is 5.92 Å². The first-order chi connectivity index (χ1) is 18.6. The highest BCUT2D eigenvalue weighted by Crippen LogP contribution is 2.56. The Kier molecular flexibility index (Phi) is 9.65. The second-order valence-electron chi connectivity index (χ2n) is 10.6. The Morgan fingerprint density at radius 3 is 2.21 bits per heavy atom. The fourth-order valence-electron chi connectivity index (χ4n) is 5.18. The van der Waals surface area contributed by atoms with Gasteiger partial charge in [0.15, 0.2) is 5.82 Å². The van der Waals surface area contributed by atoms with Crippen LogP contribution in [-0.4, -0.2) is 15.9 Å². The number of carbonyl (C=O) groups excluding carboxylic acids is 1. The van der Waals surface area contributed by atoms with Crippen molar-refractivity contribution in [3.05, 3.63) is 77.6 Å². The van der Waals surface area contributed by atoms with E-state index in [1.54, 1.807) is 24.3 Å². The minimum absolute atomic E-state index is 0.375. The molecule has 3 aromatic rings. The summed E-state index contributed by atoms with van der Waals surface area (Å²) in [5, 5.41) is 9.87. The summed E-state index contributed by atoms with van der Waals surface area (Å²) >= 11 is 0. The molecule has 5 nitrogen and oxygen atoms in total. The minimum atomic E-state index is -0.414. The lowest BCUT2D eigenvalue weighted by atomic mass is 9.93. The standard InChI is InChI=1S/C33H39N3O2/c1-3-5-7-9-11-25-22-35-31(36-23-25)26-13-15-27(16-14-26)32(37)38-30-19-17-28(18-20-30)33(24-34)21-29(33)12-10-8-6-4-2/h13-20,22-23,29H,3-12,21H2,1-2H3/t29-,33-/m0/s1. The fourth-order valence-corrected chi connectivity index (χ4v) is 5.18. The molecule has 0 spiro atoms. The molecule has 0 amide bonds. The number of hydrogen-bond donors (Lipinski definition) is 0. The molecule has 0 radical (unpaired) electrons. The number of aromatic nitrogens is 2. The zero-order valence-corrected chi connectivity index (χ0v) is 22.8. The molecular formula is C33H39N3O2. The van der Waals surface area contributed by atoms with Crippen molar-refractivity contribution in [3.63, 3.8) is 0 Å². The van der Waals surface area contributed by atoms with Crippen LogP contribution >= 0.6 is 0 Å². The van der Waals surface area contributed by atoms with Gasteiger partial charge < -0.3 is 4.74 Å². The molecule has 2 atom stereocenters. The smallest absolute Gasteiger partial charge is 0.343 e. The fraction of sp³-hybridized carbons (Fsp3) is 0.455. The van der Waals surface area contributed by atoms with Gasteiger partial charge in [0.2, 0.25) is 0 Å². The Balaban J connectivity index is 1.30. The van der Waals surface area contributed by atoms with E-state index in [1.807, 2.05) is 36.7 Å². The number of carbonyl (C=O) groups is 1. The first-order valence-corrected chi connectivity index (χ1v) is 14.2. The van der Waals surface area contributed by atoms with E-state index in [9.17, 15) is 10.1 Å². The molecule has 198 valence electrons. The van der Waals surface area contributed by atoms with Gasteiger partial charge in [0.1, 0.15) is 5.75 Å². The number of esters is 1. The van der Waals surface area contributed by atoms with Crippen LogP contribution < -0.4 is 4.74 Å². The van der Waals surface area contributed by atoms with E-state index in [2.05, 4.69) is 29.9 Å². The van der Waals surface area contributed by atoms with Gasteiger partial charge in [-0.25, -0.2) is 14.8 Å². The zero-order valence-electron chi connectivity index (χ0n) is 22.8. The average molecular weight is 510 g/mol. The Labute approximate surface area is 227 Å². The van der Waals surface area contributed by atoms with Crippen LogP contribution in [0.1, 0.15) is 99.5 Å². The molecule has 1 saturated carbocycles. The lowest BCUT2D eigenvalue weighted by Gasteiger charge is -2.11. The molecule has 0 unspecified atom stereocenters. The van der Waals surface area contributed by atoms with Gasteiger partial charge in [-0.15, -0.1) is 0 Å². The summed E-state index contributed by atoms with van der Waals surface area (Å²) in [7, 11) is 0. The molecular weight excluding hydrogens is 470 g/mol. The van der Waals surface area contributed by atoms with Crippen molar-refractivity contribution >= 4 is 5.97 Å². The summed E-state index contributed by atoms with van der Waals surface area (Å²) in [4.78, 5) is 21.7. The van der Waals surface area contributed by atoms with E-state index in [-0.39, 0.29) is 5.41 Å². The number of benzene rings is 2. The normalized spacial score (nSPS) is 18.1. The SMILES string of the molecule is CCCCCCc1cnc(-c2ccc(C(=O)Oc3ccc([C@@]4(C#N)C[C@@H]4CCCCCC)cc3)cc2)nc1. The Hall–Kier alpha value is -3.52. The molecule has 1 aromatic heterocycles. The first kappa shape index (κ1) is 27.5. The van der Waals surface area contributed by atoms with E-state index >= 15 is 0 Å². The number of rotatable bonds is 14. The second-order valence-corrected chi connectivity index (χ2v) is 10.6. The summed E-state index contributed by atoms with van der Waals surface area (Å²) in [6, 6.07) is 17.2. The predicted octanol–water partition coefficient (Wildman–Crippen LogP) is 8.24. The molecule has 0 N–H and O–H groups in total. The van der Waals surface area contributed by atoms with Crippen LogP contribution in [0.25, 0.3) is 11.4 Å². The van der Waals surface area contributed by atoms with Crippen molar-refractivity contribution in [2.45, 2.75) is 89.9 Å². The summed E-state index contributed by atoms with van der Waals surface area (Å²) in [6.45, 7) is 4.43. The molecule has 0 saturated heterocycles. The van der Waals surface area contributed by atoms with Gasteiger partial charge in [-0.05, 0) is 67.0 Å². The maximum atomic E-state index is 12.7. The van der Waals surface area contributed by atoms with Crippen molar-refractivity contribution in [1.29, 1.82) is 5.26 Å². The molecule has 38 heavy (non-hydrogen) atoms. The lowest BCUT2D eigenvalue weighted by molar-refractivity contribution is 0.0734. The largest absolute Gasteiger partial charge is 0.423 e. The van der Waals surface area contributed by atoms with Crippen molar-refractivity contribution in [2.75, 3.05) is 0 Å².